The van der Waals surface area contributed by atoms with E-state index in [0.29, 0.717) is 50.2 Å². The number of anilines is 1. The second-order valence-electron chi connectivity index (χ2n) is 15.8. The number of ether oxygens (including phenoxy) is 2. The summed E-state index contributed by atoms with van der Waals surface area (Å²) in [6.45, 7) is 8.45. The molecule has 1 saturated heterocycles. The number of hydrogen-bond acceptors (Lipinski definition) is 8. The Balaban J connectivity index is 1.03. The van der Waals surface area contributed by atoms with Crippen LogP contribution in [0.15, 0.2) is 108 Å². The van der Waals surface area contributed by atoms with Crippen molar-refractivity contribution < 1.29 is 27.5 Å². The van der Waals surface area contributed by atoms with Gasteiger partial charge in [0, 0.05) is 78.8 Å². The average molecular weight is 824 g/mol. The SMILES string of the molecule is CC1(C)CCC(CNCCNc2ccc(C(=O)NS(=O)(=O)c3cccc(C(=O)NCC4CCOCC4)c3)c(Oc3ccc4[nH]ccc4c3)c2)=C(c2ccc(Cl)cc2)C1. The van der Waals surface area contributed by atoms with Gasteiger partial charge < -0.3 is 30.4 Å². The van der Waals surface area contributed by atoms with Crippen molar-refractivity contribution in [1.82, 2.24) is 20.3 Å². The monoisotopic (exact) mass is 823 g/mol. The minimum atomic E-state index is -4.37. The molecule has 5 aromatic rings. The third kappa shape index (κ3) is 10.5. The van der Waals surface area contributed by atoms with Gasteiger partial charge in [0.25, 0.3) is 21.8 Å². The maximum absolute atomic E-state index is 13.8. The van der Waals surface area contributed by atoms with E-state index in [0.717, 1.165) is 54.6 Å². The van der Waals surface area contributed by atoms with Crippen LogP contribution in [0.25, 0.3) is 16.5 Å². The molecule has 1 fully saturated rings. The van der Waals surface area contributed by atoms with Crippen LogP contribution in [0.5, 0.6) is 11.5 Å². The largest absolute Gasteiger partial charge is 0.456 e. The van der Waals surface area contributed by atoms with E-state index in [1.165, 1.54) is 41.0 Å². The molecule has 0 spiro atoms. The molecule has 1 aromatic heterocycles. The summed E-state index contributed by atoms with van der Waals surface area (Å²) in [5.74, 6) is -0.315. The Morgan fingerprint density at radius 1 is 0.931 bits per heavy atom. The number of carbonyl (C=O) groups is 2. The number of nitrogens with one attached hydrogen (secondary N) is 5. The molecule has 304 valence electrons. The van der Waals surface area contributed by atoms with Crippen molar-refractivity contribution in [3.8, 4) is 11.5 Å². The lowest BCUT2D eigenvalue weighted by molar-refractivity contribution is 0.0642. The van der Waals surface area contributed by atoms with Crippen LogP contribution in [-0.4, -0.2) is 64.6 Å². The third-order valence-electron chi connectivity index (χ3n) is 10.9. The first kappa shape index (κ1) is 41.0. The number of allylic oxidation sites excluding steroid dienone is 1. The lowest BCUT2D eigenvalue weighted by atomic mass is 9.72. The number of rotatable bonds is 15. The molecule has 0 atom stereocenters. The Bertz CT molecular complexity index is 2400. The molecule has 0 unspecified atom stereocenters. The zero-order valence-electron chi connectivity index (χ0n) is 32.8. The Morgan fingerprint density at radius 3 is 2.55 bits per heavy atom. The van der Waals surface area contributed by atoms with Crippen molar-refractivity contribution >= 4 is 55.6 Å². The summed E-state index contributed by atoms with van der Waals surface area (Å²) in [4.78, 5) is 29.6. The van der Waals surface area contributed by atoms with E-state index >= 15 is 0 Å². The summed E-state index contributed by atoms with van der Waals surface area (Å²) in [5.41, 5.74) is 6.04. The highest BCUT2D eigenvalue weighted by Gasteiger charge is 2.28. The topological polar surface area (TPSA) is 151 Å². The number of H-pyrrole nitrogens is 1. The summed E-state index contributed by atoms with van der Waals surface area (Å²) in [6.07, 6.45) is 6.69. The summed E-state index contributed by atoms with van der Waals surface area (Å²) >= 11 is 6.19. The summed E-state index contributed by atoms with van der Waals surface area (Å²) in [5, 5.41) is 11.5. The first-order chi connectivity index (χ1) is 27.9. The smallest absolute Gasteiger partial charge is 0.268 e. The number of halogens is 1. The van der Waals surface area contributed by atoms with Gasteiger partial charge in [0.15, 0.2) is 0 Å². The lowest BCUT2D eigenvalue weighted by Crippen LogP contribution is -2.33. The second-order valence-corrected chi connectivity index (χ2v) is 17.9. The van der Waals surface area contributed by atoms with Crippen molar-refractivity contribution in [2.24, 2.45) is 11.3 Å². The fraction of sp³-hybridized carbons (Fsp3) is 0.333. The second kappa shape index (κ2) is 18.2. The van der Waals surface area contributed by atoms with Crippen LogP contribution in [0.1, 0.15) is 72.2 Å². The van der Waals surface area contributed by atoms with Crippen LogP contribution in [0.2, 0.25) is 5.02 Å². The molecular weight excluding hydrogens is 774 g/mol. The van der Waals surface area contributed by atoms with Crippen LogP contribution in [0.4, 0.5) is 5.69 Å². The highest BCUT2D eigenvalue weighted by Crippen LogP contribution is 2.43. The molecule has 0 radical (unpaired) electrons. The highest BCUT2D eigenvalue weighted by molar-refractivity contribution is 7.90. The van der Waals surface area contributed by atoms with Gasteiger partial charge in [0.05, 0.1) is 10.5 Å². The first-order valence-corrected chi connectivity index (χ1v) is 21.6. The molecule has 58 heavy (non-hydrogen) atoms. The number of aromatic amines is 1. The first-order valence-electron chi connectivity index (χ1n) is 19.8. The molecule has 1 aliphatic carbocycles. The van der Waals surface area contributed by atoms with E-state index < -0.39 is 15.9 Å². The van der Waals surface area contributed by atoms with Crippen molar-refractivity contribution in [2.45, 2.75) is 50.8 Å². The summed E-state index contributed by atoms with van der Waals surface area (Å²) < 4.78 is 41.0. The normalized spacial score (nSPS) is 15.9. The molecule has 2 amide bonds. The zero-order valence-corrected chi connectivity index (χ0v) is 34.4. The van der Waals surface area contributed by atoms with E-state index in [1.807, 2.05) is 36.5 Å². The number of hydrogen-bond donors (Lipinski definition) is 5. The standard InChI is InChI=1S/C45H50ClN5O6S/c1-45(2)18-14-34(40(27-45)31-6-8-35(46)9-7-31)29-47-20-21-48-36-10-12-39(42(26-36)57-37-11-13-41-32(24-37)15-19-49-41)44(53)51-58(54,55)38-5-3-4-33(25-38)43(52)50-28-30-16-22-56-23-17-30/h3-13,15,19,24-26,30,47-49H,14,16-18,20-23,27-29H2,1-2H3,(H,50,52)(H,51,53). The van der Waals surface area contributed by atoms with Crippen LogP contribution in [-0.2, 0) is 14.8 Å². The molecule has 13 heteroatoms. The van der Waals surface area contributed by atoms with Gasteiger partial charge in [0.1, 0.15) is 11.5 Å². The molecule has 2 heterocycles. The number of sulfonamides is 1. The van der Waals surface area contributed by atoms with E-state index in [-0.39, 0.29) is 33.1 Å². The van der Waals surface area contributed by atoms with Crippen molar-refractivity contribution in [3.63, 3.8) is 0 Å². The van der Waals surface area contributed by atoms with Gasteiger partial charge in [-0.3, -0.25) is 9.59 Å². The van der Waals surface area contributed by atoms with Gasteiger partial charge in [-0.2, -0.15) is 0 Å². The molecule has 11 nitrogen and oxygen atoms in total. The van der Waals surface area contributed by atoms with Crippen molar-refractivity contribution in [3.05, 3.63) is 124 Å². The third-order valence-corrected chi connectivity index (χ3v) is 12.4. The Labute approximate surface area is 345 Å². The number of aromatic nitrogens is 1. The van der Waals surface area contributed by atoms with Crippen LogP contribution < -0.4 is 25.4 Å². The van der Waals surface area contributed by atoms with Gasteiger partial charge in [-0.1, -0.05) is 49.2 Å². The van der Waals surface area contributed by atoms with Crippen molar-refractivity contribution in [2.75, 3.05) is 44.7 Å². The summed E-state index contributed by atoms with van der Waals surface area (Å²) in [7, 11) is -4.37. The van der Waals surface area contributed by atoms with Gasteiger partial charge >= 0.3 is 0 Å². The molecule has 4 aromatic carbocycles. The molecule has 0 bridgehead atoms. The van der Waals surface area contributed by atoms with Gasteiger partial charge in [0.2, 0.25) is 0 Å². The molecule has 5 N–H and O–H groups in total. The van der Waals surface area contributed by atoms with Crippen LogP contribution in [0, 0.1) is 11.3 Å². The zero-order chi connectivity index (χ0) is 40.7. The van der Waals surface area contributed by atoms with Gasteiger partial charge in [-0.05, 0) is 121 Å². The molecule has 1 aliphatic heterocycles. The predicted octanol–water partition coefficient (Wildman–Crippen LogP) is 8.55. The predicted molar refractivity (Wildman–Crippen MR) is 229 cm³/mol. The van der Waals surface area contributed by atoms with Gasteiger partial charge in [-0.15, -0.1) is 0 Å². The molecule has 7 rings (SSSR count). The van der Waals surface area contributed by atoms with E-state index in [4.69, 9.17) is 21.1 Å². The summed E-state index contributed by atoms with van der Waals surface area (Å²) in [6, 6.07) is 26.1. The van der Waals surface area contributed by atoms with E-state index in [9.17, 15) is 18.0 Å². The van der Waals surface area contributed by atoms with E-state index in [2.05, 4.69) is 51.6 Å². The van der Waals surface area contributed by atoms with Crippen LogP contribution in [0.3, 0.4) is 0 Å². The maximum atomic E-state index is 13.8. The Kier molecular flexibility index (Phi) is 12.9. The molecule has 2 aliphatic rings. The lowest BCUT2D eigenvalue weighted by Gasteiger charge is -2.34. The van der Waals surface area contributed by atoms with E-state index in [1.54, 1.807) is 24.3 Å². The van der Waals surface area contributed by atoms with Crippen LogP contribution >= 0.6 is 11.6 Å². The quantitative estimate of drug-likeness (QED) is 0.0660. The Hall–Kier alpha value is -5.14. The molecular formula is C45H50ClN5O6S. The number of amides is 2. The number of fused-ring (bicyclic) bond motifs is 1. The average Bonchev–Trinajstić information content (AvgIpc) is 3.69. The molecule has 0 saturated carbocycles. The fourth-order valence-electron chi connectivity index (χ4n) is 7.48. The number of benzene rings is 4. The highest BCUT2D eigenvalue weighted by atomic mass is 35.5. The van der Waals surface area contributed by atoms with Crippen molar-refractivity contribution in [1.29, 1.82) is 0 Å². The minimum absolute atomic E-state index is 0.0219. The fourth-order valence-corrected chi connectivity index (χ4v) is 8.61. The number of carbonyl (C=O) groups excluding carboxylic acids is 2. The maximum Gasteiger partial charge on any atom is 0.268 e. The van der Waals surface area contributed by atoms with Gasteiger partial charge in [-0.25, -0.2) is 13.1 Å². The Morgan fingerprint density at radius 2 is 1.74 bits per heavy atom. The minimum Gasteiger partial charge on any atom is -0.456 e.